The number of ether oxygens (including phenoxy) is 1. The first kappa shape index (κ1) is 16.3. The normalized spacial score (nSPS) is 19.6. The van der Waals surface area contributed by atoms with Gasteiger partial charge in [-0.05, 0) is 50.3 Å². The lowest BCUT2D eigenvalue weighted by molar-refractivity contribution is 0.0218. The first-order chi connectivity index (χ1) is 9.76. The Kier molecular flexibility index (Phi) is 4.90. The van der Waals surface area contributed by atoms with Gasteiger partial charge in [0.05, 0.1) is 0 Å². The Hall–Kier alpha value is -1.12. The van der Waals surface area contributed by atoms with Crippen molar-refractivity contribution >= 4 is 34.6 Å². The zero-order chi connectivity index (χ0) is 15.6. The SMILES string of the molecule is C[C@H]1CN(C(=O)OC(C)(C)C)CCN1c1ncc(I)cn1. The number of piperazine rings is 1. The van der Waals surface area contributed by atoms with Gasteiger partial charge in [-0.3, -0.25) is 0 Å². The maximum atomic E-state index is 12.1. The molecule has 1 saturated heterocycles. The van der Waals surface area contributed by atoms with Crippen molar-refractivity contribution in [2.45, 2.75) is 39.3 Å². The third kappa shape index (κ3) is 4.42. The molecule has 21 heavy (non-hydrogen) atoms. The third-order valence-corrected chi connectivity index (χ3v) is 3.70. The molecule has 2 rings (SSSR count). The fourth-order valence-corrected chi connectivity index (χ4v) is 2.48. The maximum absolute atomic E-state index is 12.1. The fraction of sp³-hybridized carbons (Fsp3) is 0.643. The Bertz CT molecular complexity index is 501. The van der Waals surface area contributed by atoms with Crippen LogP contribution in [0.1, 0.15) is 27.7 Å². The van der Waals surface area contributed by atoms with Gasteiger partial charge in [-0.1, -0.05) is 0 Å². The summed E-state index contributed by atoms with van der Waals surface area (Å²) >= 11 is 2.18. The molecule has 0 radical (unpaired) electrons. The molecule has 0 spiro atoms. The highest BCUT2D eigenvalue weighted by Gasteiger charge is 2.30. The minimum atomic E-state index is -0.462. The second-order valence-electron chi connectivity index (χ2n) is 6.17. The minimum Gasteiger partial charge on any atom is -0.444 e. The van der Waals surface area contributed by atoms with Crippen molar-refractivity contribution in [3.8, 4) is 0 Å². The molecule has 0 N–H and O–H groups in total. The first-order valence-corrected chi connectivity index (χ1v) is 8.06. The number of rotatable bonds is 1. The number of aromatic nitrogens is 2. The zero-order valence-electron chi connectivity index (χ0n) is 12.8. The fourth-order valence-electron chi connectivity index (χ4n) is 2.20. The van der Waals surface area contributed by atoms with Gasteiger partial charge >= 0.3 is 6.09 Å². The van der Waals surface area contributed by atoms with Gasteiger partial charge in [-0.25, -0.2) is 14.8 Å². The van der Waals surface area contributed by atoms with Crippen LogP contribution >= 0.6 is 22.6 Å². The van der Waals surface area contributed by atoms with Crippen LogP contribution in [0.15, 0.2) is 12.4 Å². The van der Waals surface area contributed by atoms with Crippen molar-refractivity contribution in [3.63, 3.8) is 0 Å². The van der Waals surface area contributed by atoms with Crippen LogP contribution in [0.4, 0.5) is 10.7 Å². The van der Waals surface area contributed by atoms with Gasteiger partial charge in [-0.2, -0.15) is 0 Å². The lowest BCUT2D eigenvalue weighted by Gasteiger charge is -2.40. The summed E-state index contributed by atoms with van der Waals surface area (Å²) in [6.07, 6.45) is 3.35. The monoisotopic (exact) mass is 404 g/mol. The highest BCUT2D eigenvalue weighted by Crippen LogP contribution is 2.18. The zero-order valence-corrected chi connectivity index (χ0v) is 15.0. The van der Waals surface area contributed by atoms with E-state index in [1.807, 2.05) is 20.8 Å². The van der Waals surface area contributed by atoms with Gasteiger partial charge in [0.2, 0.25) is 5.95 Å². The number of hydrogen-bond acceptors (Lipinski definition) is 5. The molecule has 1 atom stereocenters. The number of carbonyl (C=O) groups excluding carboxylic acids is 1. The Morgan fingerprint density at radius 1 is 1.33 bits per heavy atom. The lowest BCUT2D eigenvalue weighted by Crippen LogP contribution is -2.55. The Morgan fingerprint density at radius 2 is 1.95 bits per heavy atom. The van der Waals surface area contributed by atoms with Crippen molar-refractivity contribution in [1.29, 1.82) is 0 Å². The molecular formula is C14H21IN4O2. The van der Waals surface area contributed by atoms with Crippen LogP contribution in [0, 0.1) is 3.57 Å². The van der Waals surface area contributed by atoms with Gasteiger partial charge in [0, 0.05) is 41.6 Å². The quantitative estimate of drug-likeness (QED) is 0.674. The highest BCUT2D eigenvalue weighted by molar-refractivity contribution is 14.1. The van der Waals surface area contributed by atoms with Crippen molar-refractivity contribution in [2.75, 3.05) is 24.5 Å². The van der Waals surface area contributed by atoms with Crippen molar-refractivity contribution in [2.24, 2.45) is 0 Å². The molecule has 1 aromatic heterocycles. The predicted octanol–water partition coefficient (Wildman–Crippen LogP) is 2.53. The van der Waals surface area contributed by atoms with Crippen LogP contribution in [0.2, 0.25) is 0 Å². The van der Waals surface area contributed by atoms with E-state index in [0.29, 0.717) is 25.6 Å². The number of anilines is 1. The highest BCUT2D eigenvalue weighted by atomic mass is 127. The number of amides is 1. The molecule has 2 heterocycles. The minimum absolute atomic E-state index is 0.159. The number of halogens is 1. The first-order valence-electron chi connectivity index (χ1n) is 6.98. The summed E-state index contributed by atoms with van der Waals surface area (Å²) in [6, 6.07) is 0.159. The summed E-state index contributed by atoms with van der Waals surface area (Å²) < 4.78 is 6.43. The molecule has 6 nitrogen and oxygen atoms in total. The molecule has 1 aromatic rings. The Balaban J connectivity index is 1.99. The van der Waals surface area contributed by atoms with E-state index < -0.39 is 5.60 Å². The maximum Gasteiger partial charge on any atom is 0.410 e. The molecule has 1 aliphatic heterocycles. The van der Waals surface area contributed by atoms with E-state index in [1.165, 1.54) is 0 Å². The van der Waals surface area contributed by atoms with Crippen molar-refractivity contribution in [3.05, 3.63) is 16.0 Å². The molecule has 0 saturated carbocycles. The largest absolute Gasteiger partial charge is 0.444 e. The summed E-state index contributed by atoms with van der Waals surface area (Å²) in [5.41, 5.74) is -0.462. The Labute approximate surface area is 139 Å². The van der Waals surface area contributed by atoms with Gasteiger partial charge in [0.15, 0.2) is 0 Å². The smallest absolute Gasteiger partial charge is 0.410 e. The number of hydrogen-bond donors (Lipinski definition) is 0. The Morgan fingerprint density at radius 3 is 2.48 bits per heavy atom. The molecule has 7 heteroatoms. The molecule has 1 amide bonds. The van der Waals surface area contributed by atoms with Crippen molar-refractivity contribution < 1.29 is 9.53 Å². The molecule has 0 aromatic carbocycles. The predicted molar refractivity (Wildman–Crippen MR) is 89.4 cm³/mol. The van der Waals surface area contributed by atoms with Crippen LogP contribution in [0.25, 0.3) is 0 Å². The van der Waals surface area contributed by atoms with Crippen LogP contribution in [0.5, 0.6) is 0 Å². The lowest BCUT2D eigenvalue weighted by atomic mass is 10.2. The van der Waals surface area contributed by atoms with E-state index >= 15 is 0 Å². The van der Waals surface area contributed by atoms with Gasteiger partial charge in [0.25, 0.3) is 0 Å². The van der Waals surface area contributed by atoms with E-state index in [1.54, 1.807) is 17.3 Å². The van der Waals surface area contributed by atoms with Crippen molar-refractivity contribution in [1.82, 2.24) is 14.9 Å². The summed E-state index contributed by atoms with van der Waals surface area (Å²) in [6.45, 7) is 9.65. The third-order valence-electron chi connectivity index (χ3n) is 3.14. The van der Waals surface area contributed by atoms with Crippen LogP contribution in [-0.2, 0) is 4.74 Å². The average Bonchev–Trinajstić information content (AvgIpc) is 2.38. The molecule has 0 unspecified atom stereocenters. The second kappa shape index (κ2) is 6.33. The standard InChI is InChI=1S/C14H21IN4O2/c1-10-9-18(13(20)21-14(2,3)4)5-6-19(10)12-16-7-11(15)8-17-12/h7-8,10H,5-6,9H2,1-4H3/t10-/m0/s1. The average molecular weight is 404 g/mol. The van der Waals surface area contributed by atoms with Crippen LogP contribution in [-0.4, -0.2) is 52.2 Å². The molecule has 0 aliphatic carbocycles. The van der Waals surface area contributed by atoms with E-state index in [4.69, 9.17) is 4.74 Å². The van der Waals surface area contributed by atoms with E-state index in [0.717, 1.165) is 3.57 Å². The van der Waals surface area contributed by atoms with Crippen LogP contribution in [0.3, 0.4) is 0 Å². The number of nitrogens with zero attached hydrogens (tertiary/aromatic N) is 4. The molecule has 1 aliphatic rings. The van der Waals surface area contributed by atoms with E-state index in [2.05, 4.69) is 44.4 Å². The summed E-state index contributed by atoms with van der Waals surface area (Å²) in [4.78, 5) is 24.7. The van der Waals surface area contributed by atoms with Crippen LogP contribution < -0.4 is 4.90 Å². The molecule has 116 valence electrons. The summed E-state index contributed by atoms with van der Waals surface area (Å²) in [7, 11) is 0. The molecule has 0 bridgehead atoms. The second-order valence-corrected chi connectivity index (χ2v) is 7.42. The van der Waals surface area contributed by atoms with Gasteiger partial charge in [0.1, 0.15) is 5.60 Å². The van der Waals surface area contributed by atoms with Gasteiger partial charge in [-0.15, -0.1) is 0 Å². The number of carbonyl (C=O) groups is 1. The molecular weight excluding hydrogens is 383 g/mol. The summed E-state index contributed by atoms with van der Waals surface area (Å²) in [5, 5.41) is 0. The van der Waals surface area contributed by atoms with E-state index in [9.17, 15) is 4.79 Å². The topological polar surface area (TPSA) is 58.6 Å². The summed E-state index contributed by atoms with van der Waals surface area (Å²) in [5.74, 6) is 0.715. The molecule has 1 fully saturated rings. The van der Waals surface area contributed by atoms with E-state index in [-0.39, 0.29) is 12.1 Å². The van der Waals surface area contributed by atoms with Gasteiger partial charge < -0.3 is 14.5 Å².